The van der Waals surface area contributed by atoms with Gasteiger partial charge in [0.2, 0.25) is 5.91 Å². The Hall–Kier alpha value is -1.42. The SMILES string of the molecule is CCOc1ccc(OCC)c(NC(=O)CCCl)c1. The van der Waals surface area contributed by atoms with Crippen LogP contribution in [-0.2, 0) is 4.79 Å². The predicted molar refractivity (Wildman–Crippen MR) is 72.7 cm³/mol. The molecule has 0 radical (unpaired) electrons. The minimum absolute atomic E-state index is 0.139. The predicted octanol–water partition coefficient (Wildman–Crippen LogP) is 3.05. The number of benzene rings is 1. The smallest absolute Gasteiger partial charge is 0.225 e. The number of anilines is 1. The maximum absolute atomic E-state index is 11.5. The maximum Gasteiger partial charge on any atom is 0.225 e. The van der Waals surface area contributed by atoms with Crippen LogP contribution in [0.4, 0.5) is 5.69 Å². The second-order valence-corrected chi connectivity index (χ2v) is 3.89. The van der Waals surface area contributed by atoms with Gasteiger partial charge in [-0.15, -0.1) is 11.6 Å². The van der Waals surface area contributed by atoms with E-state index in [9.17, 15) is 4.79 Å². The Morgan fingerprint density at radius 2 is 2.00 bits per heavy atom. The first-order chi connectivity index (χ1) is 8.71. The number of hydrogen-bond donors (Lipinski definition) is 1. The number of carbonyl (C=O) groups excluding carboxylic acids is 1. The molecular formula is C13H18ClNO3. The van der Waals surface area contributed by atoms with Crippen molar-refractivity contribution in [3.8, 4) is 11.5 Å². The molecule has 1 N–H and O–H groups in total. The molecule has 0 heterocycles. The molecule has 5 heteroatoms. The lowest BCUT2D eigenvalue weighted by atomic mass is 10.2. The van der Waals surface area contributed by atoms with E-state index in [-0.39, 0.29) is 12.3 Å². The molecule has 0 atom stereocenters. The van der Waals surface area contributed by atoms with E-state index in [0.717, 1.165) is 0 Å². The molecule has 0 bridgehead atoms. The van der Waals surface area contributed by atoms with Gasteiger partial charge in [0, 0.05) is 18.4 Å². The number of halogens is 1. The average Bonchev–Trinajstić information content (AvgIpc) is 2.33. The summed E-state index contributed by atoms with van der Waals surface area (Å²) in [6.45, 7) is 4.90. The third kappa shape index (κ3) is 4.45. The van der Waals surface area contributed by atoms with Crippen LogP contribution in [0.3, 0.4) is 0 Å². The molecule has 100 valence electrons. The normalized spacial score (nSPS) is 9.94. The van der Waals surface area contributed by atoms with E-state index in [1.54, 1.807) is 12.1 Å². The molecule has 1 aromatic carbocycles. The molecule has 0 unspecified atom stereocenters. The zero-order valence-corrected chi connectivity index (χ0v) is 11.4. The highest BCUT2D eigenvalue weighted by Gasteiger charge is 2.09. The Labute approximate surface area is 112 Å². The molecule has 1 aromatic rings. The first-order valence-corrected chi connectivity index (χ1v) is 6.50. The molecule has 0 fully saturated rings. The molecule has 1 amide bonds. The average molecular weight is 272 g/mol. The van der Waals surface area contributed by atoms with Crippen molar-refractivity contribution in [2.45, 2.75) is 20.3 Å². The van der Waals surface area contributed by atoms with Gasteiger partial charge in [-0.1, -0.05) is 0 Å². The molecule has 0 aliphatic carbocycles. The van der Waals surface area contributed by atoms with Crippen LogP contribution in [0.1, 0.15) is 20.3 Å². The summed E-state index contributed by atoms with van der Waals surface area (Å²) < 4.78 is 10.8. The molecule has 0 spiro atoms. The van der Waals surface area contributed by atoms with E-state index < -0.39 is 0 Å². The van der Waals surface area contributed by atoms with Crippen LogP contribution >= 0.6 is 11.6 Å². The summed E-state index contributed by atoms with van der Waals surface area (Å²) in [5.74, 6) is 1.48. The van der Waals surface area contributed by atoms with E-state index in [0.29, 0.717) is 36.3 Å². The van der Waals surface area contributed by atoms with Gasteiger partial charge in [0.05, 0.1) is 18.9 Å². The number of ether oxygens (including phenoxy) is 2. The highest BCUT2D eigenvalue weighted by molar-refractivity contribution is 6.19. The van der Waals surface area contributed by atoms with Crippen molar-refractivity contribution in [3.05, 3.63) is 18.2 Å². The summed E-state index contributed by atoms with van der Waals surface area (Å²) in [5, 5.41) is 2.77. The summed E-state index contributed by atoms with van der Waals surface area (Å²) in [7, 11) is 0. The highest BCUT2D eigenvalue weighted by Crippen LogP contribution is 2.29. The second kappa shape index (κ2) is 7.82. The van der Waals surface area contributed by atoms with Gasteiger partial charge < -0.3 is 14.8 Å². The van der Waals surface area contributed by atoms with Crippen molar-refractivity contribution in [1.29, 1.82) is 0 Å². The fraction of sp³-hybridized carbons (Fsp3) is 0.462. The van der Waals surface area contributed by atoms with E-state index in [1.807, 2.05) is 19.9 Å². The fourth-order valence-corrected chi connectivity index (χ4v) is 1.61. The zero-order chi connectivity index (χ0) is 13.4. The lowest BCUT2D eigenvalue weighted by Crippen LogP contribution is -2.13. The largest absolute Gasteiger partial charge is 0.494 e. The lowest BCUT2D eigenvalue weighted by Gasteiger charge is -2.13. The highest BCUT2D eigenvalue weighted by atomic mass is 35.5. The number of hydrogen-bond acceptors (Lipinski definition) is 3. The number of rotatable bonds is 7. The molecule has 0 aromatic heterocycles. The van der Waals surface area contributed by atoms with Gasteiger partial charge in [-0.3, -0.25) is 4.79 Å². The molecular weight excluding hydrogens is 254 g/mol. The van der Waals surface area contributed by atoms with Gasteiger partial charge in [-0.2, -0.15) is 0 Å². The van der Waals surface area contributed by atoms with Crippen LogP contribution in [-0.4, -0.2) is 25.0 Å². The summed E-state index contributed by atoms with van der Waals surface area (Å²) in [4.78, 5) is 11.5. The number of carbonyl (C=O) groups is 1. The van der Waals surface area contributed by atoms with Gasteiger partial charge in [0.1, 0.15) is 11.5 Å². The van der Waals surface area contributed by atoms with Gasteiger partial charge >= 0.3 is 0 Å². The van der Waals surface area contributed by atoms with E-state index >= 15 is 0 Å². The van der Waals surface area contributed by atoms with Crippen LogP contribution in [0.2, 0.25) is 0 Å². The summed E-state index contributed by atoms with van der Waals surface area (Å²) >= 11 is 5.53. The van der Waals surface area contributed by atoms with Crippen molar-refractivity contribution in [2.75, 3.05) is 24.4 Å². The van der Waals surface area contributed by atoms with Gasteiger partial charge in [-0.05, 0) is 26.0 Å². The van der Waals surface area contributed by atoms with Crippen LogP contribution < -0.4 is 14.8 Å². The molecule has 0 saturated heterocycles. The van der Waals surface area contributed by atoms with Crippen molar-refractivity contribution >= 4 is 23.2 Å². The van der Waals surface area contributed by atoms with E-state index in [1.165, 1.54) is 0 Å². The Balaban J connectivity index is 2.88. The van der Waals surface area contributed by atoms with E-state index in [4.69, 9.17) is 21.1 Å². The minimum atomic E-state index is -0.139. The van der Waals surface area contributed by atoms with Crippen molar-refractivity contribution < 1.29 is 14.3 Å². The topological polar surface area (TPSA) is 47.6 Å². The Morgan fingerprint density at radius 1 is 1.28 bits per heavy atom. The monoisotopic (exact) mass is 271 g/mol. The Kier molecular flexibility index (Phi) is 6.36. The number of nitrogens with one attached hydrogen (secondary N) is 1. The summed E-state index contributed by atoms with van der Waals surface area (Å²) in [6.07, 6.45) is 0.270. The fourth-order valence-electron chi connectivity index (χ4n) is 1.44. The van der Waals surface area contributed by atoms with E-state index in [2.05, 4.69) is 5.32 Å². The second-order valence-electron chi connectivity index (χ2n) is 3.51. The van der Waals surface area contributed by atoms with Gasteiger partial charge in [0.25, 0.3) is 0 Å². The minimum Gasteiger partial charge on any atom is -0.494 e. The number of amides is 1. The quantitative estimate of drug-likeness (QED) is 0.776. The molecule has 18 heavy (non-hydrogen) atoms. The summed E-state index contributed by atoms with van der Waals surface area (Å²) in [5.41, 5.74) is 0.609. The molecule has 0 saturated carbocycles. The van der Waals surface area contributed by atoms with Crippen LogP contribution in [0, 0.1) is 0 Å². The maximum atomic E-state index is 11.5. The van der Waals surface area contributed by atoms with Crippen LogP contribution in [0.25, 0.3) is 0 Å². The van der Waals surface area contributed by atoms with Crippen LogP contribution in [0.5, 0.6) is 11.5 Å². The Bertz CT molecular complexity index is 396. The number of alkyl halides is 1. The molecule has 1 rings (SSSR count). The first-order valence-electron chi connectivity index (χ1n) is 5.96. The first kappa shape index (κ1) is 14.6. The van der Waals surface area contributed by atoms with Crippen molar-refractivity contribution in [3.63, 3.8) is 0 Å². The standard InChI is InChI=1S/C13H18ClNO3/c1-3-17-10-5-6-12(18-4-2)11(9-10)15-13(16)7-8-14/h5-6,9H,3-4,7-8H2,1-2H3,(H,15,16). The van der Waals surface area contributed by atoms with Crippen molar-refractivity contribution in [2.24, 2.45) is 0 Å². The molecule has 0 aliphatic heterocycles. The summed E-state index contributed by atoms with van der Waals surface area (Å²) in [6, 6.07) is 5.34. The van der Waals surface area contributed by atoms with Gasteiger partial charge in [-0.25, -0.2) is 0 Å². The molecule has 0 aliphatic rings. The van der Waals surface area contributed by atoms with Crippen LogP contribution in [0.15, 0.2) is 18.2 Å². The molecule has 4 nitrogen and oxygen atoms in total. The Morgan fingerprint density at radius 3 is 2.61 bits per heavy atom. The van der Waals surface area contributed by atoms with Crippen molar-refractivity contribution in [1.82, 2.24) is 0 Å². The zero-order valence-electron chi connectivity index (χ0n) is 10.7. The van der Waals surface area contributed by atoms with Gasteiger partial charge in [0.15, 0.2) is 0 Å². The third-order valence-electron chi connectivity index (χ3n) is 2.16. The third-order valence-corrected chi connectivity index (χ3v) is 2.35. The lowest BCUT2D eigenvalue weighted by molar-refractivity contribution is -0.115.